The number of carbonyl (C=O) groups excluding carboxylic acids is 1. The maximum Gasteiger partial charge on any atom is 0.220 e. The molecule has 0 radical (unpaired) electrons. The summed E-state index contributed by atoms with van der Waals surface area (Å²) in [6, 6.07) is -0.646. The number of hydrogen-bond donors (Lipinski definition) is 3. The van der Waals surface area contributed by atoms with E-state index >= 15 is 0 Å². The quantitative estimate of drug-likeness (QED) is 0.0631. The number of allylic oxidation sites excluding steroid dienone is 7. The number of nitrogens with one attached hydrogen (secondary N) is 1. The molecule has 0 saturated heterocycles. The van der Waals surface area contributed by atoms with Crippen molar-refractivity contribution in [1.82, 2.24) is 5.32 Å². The number of aliphatic hydroxyl groups excluding tert-OH is 2. The first-order valence-corrected chi connectivity index (χ1v) is 16.9. The average molecular weight is 560 g/mol. The number of rotatable bonds is 29. The van der Waals surface area contributed by atoms with Gasteiger partial charge in [0.25, 0.3) is 0 Å². The van der Waals surface area contributed by atoms with Crippen LogP contribution in [0, 0.1) is 0 Å². The summed E-state index contributed by atoms with van der Waals surface area (Å²) in [5.74, 6) is -0.0937. The monoisotopic (exact) mass is 559 g/mol. The van der Waals surface area contributed by atoms with E-state index in [0.717, 1.165) is 51.4 Å². The highest BCUT2D eigenvalue weighted by Gasteiger charge is 2.17. The van der Waals surface area contributed by atoms with Gasteiger partial charge < -0.3 is 15.5 Å². The molecule has 4 nitrogen and oxygen atoms in total. The van der Waals surface area contributed by atoms with Crippen LogP contribution in [-0.2, 0) is 4.79 Å². The predicted octanol–water partition coefficient (Wildman–Crippen LogP) is 9.67. The lowest BCUT2D eigenvalue weighted by atomic mass is 10.1. The van der Waals surface area contributed by atoms with E-state index in [9.17, 15) is 15.0 Å². The molecule has 2 unspecified atom stereocenters. The molecule has 1 amide bonds. The summed E-state index contributed by atoms with van der Waals surface area (Å²) in [5.41, 5.74) is 0. The Balaban J connectivity index is 3.75. The van der Waals surface area contributed by atoms with Crippen LogP contribution in [0.4, 0.5) is 0 Å². The molecule has 0 aliphatic rings. The number of amides is 1. The Labute approximate surface area is 248 Å². The molecule has 0 aromatic carbocycles. The Bertz CT molecular complexity index is 652. The van der Waals surface area contributed by atoms with Gasteiger partial charge in [0.1, 0.15) is 0 Å². The smallest absolute Gasteiger partial charge is 0.220 e. The minimum atomic E-state index is -0.870. The minimum Gasteiger partial charge on any atom is -0.394 e. The third kappa shape index (κ3) is 27.9. The molecular weight excluding hydrogens is 494 g/mol. The normalized spacial score (nSPS) is 13.8. The van der Waals surface area contributed by atoms with Crippen LogP contribution in [0.15, 0.2) is 48.6 Å². The summed E-state index contributed by atoms with van der Waals surface area (Å²) in [4.78, 5) is 12.2. The molecule has 0 saturated carbocycles. The fraction of sp³-hybridized carbons (Fsp3) is 0.750. The van der Waals surface area contributed by atoms with E-state index in [1.54, 1.807) is 6.08 Å². The van der Waals surface area contributed by atoms with Crippen molar-refractivity contribution in [2.24, 2.45) is 0 Å². The zero-order valence-corrected chi connectivity index (χ0v) is 26.3. The van der Waals surface area contributed by atoms with E-state index < -0.39 is 12.1 Å². The van der Waals surface area contributed by atoms with Gasteiger partial charge in [0.05, 0.1) is 18.8 Å². The third-order valence-electron chi connectivity index (χ3n) is 7.24. The molecule has 0 aromatic heterocycles. The van der Waals surface area contributed by atoms with E-state index in [1.165, 1.54) is 83.5 Å². The standard InChI is InChI=1S/C36H65NO3/c1-3-5-7-9-11-13-15-16-17-18-19-20-21-22-23-25-27-29-31-35(39)34(33-38)37-36(40)32-30-28-26-24-14-12-10-8-6-4-2/h8,10,18-19,22-23,29,31,34-35,38-39H,3-7,9,11-17,20-21,24-28,30,32-33H2,1-2H3,(H,37,40)/b10-8-,19-18+,23-22+,31-29+. The number of aliphatic hydroxyl groups is 2. The molecule has 0 aromatic rings. The van der Waals surface area contributed by atoms with Crippen LogP contribution < -0.4 is 5.32 Å². The minimum absolute atomic E-state index is 0.0937. The van der Waals surface area contributed by atoms with Gasteiger partial charge in [-0.2, -0.15) is 0 Å². The molecule has 0 aliphatic carbocycles. The van der Waals surface area contributed by atoms with Gasteiger partial charge >= 0.3 is 0 Å². The first-order valence-electron chi connectivity index (χ1n) is 16.9. The first-order chi connectivity index (χ1) is 19.7. The first kappa shape index (κ1) is 38.4. The molecule has 0 bridgehead atoms. The molecule has 3 N–H and O–H groups in total. The number of hydrogen-bond acceptors (Lipinski definition) is 3. The summed E-state index contributed by atoms with van der Waals surface area (Å²) in [6.45, 7) is 4.19. The van der Waals surface area contributed by atoms with Crippen LogP contribution in [-0.4, -0.2) is 34.9 Å². The molecule has 0 spiro atoms. The molecule has 0 heterocycles. The summed E-state index contributed by atoms with van der Waals surface area (Å²) in [5, 5.41) is 22.7. The second-order valence-corrected chi connectivity index (χ2v) is 11.2. The fourth-order valence-corrected chi connectivity index (χ4v) is 4.62. The predicted molar refractivity (Wildman–Crippen MR) is 175 cm³/mol. The Morgan fingerprint density at radius 1 is 0.575 bits per heavy atom. The lowest BCUT2D eigenvalue weighted by Crippen LogP contribution is -2.45. The maximum absolute atomic E-state index is 12.2. The largest absolute Gasteiger partial charge is 0.394 e. The van der Waals surface area contributed by atoms with Gasteiger partial charge in [-0.05, 0) is 64.2 Å². The average Bonchev–Trinajstić information content (AvgIpc) is 2.96. The summed E-state index contributed by atoms with van der Waals surface area (Å²) >= 11 is 0. The highest BCUT2D eigenvalue weighted by Crippen LogP contribution is 2.11. The second kappa shape index (κ2) is 31.9. The fourth-order valence-electron chi connectivity index (χ4n) is 4.62. The SMILES string of the molecule is CCC/C=C\CCCCCCCC(=O)NC(CO)C(O)/C=C/CC/C=C/CC/C=C/CCCCCCCCCC. The zero-order chi connectivity index (χ0) is 29.4. The maximum atomic E-state index is 12.2. The van der Waals surface area contributed by atoms with Crippen LogP contribution >= 0.6 is 0 Å². The molecule has 0 rings (SSSR count). The van der Waals surface area contributed by atoms with Crippen molar-refractivity contribution < 1.29 is 15.0 Å². The van der Waals surface area contributed by atoms with Crippen molar-refractivity contribution >= 4 is 5.91 Å². The topological polar surface area (TPSA) is 69.6 Å². The van der Waals surface area contributed by atoms with Crippen LogP contribution in [0.2, 0.25) is 0 Å². The number of unbranched alkanes of at least 4 members (excludes halogenated alkanes) is 16. The Morgan fingerprint density at radius 3 is 1.55 bits per heavy atom. The summed E-state index contributed by atoms with van der Waals surface area (Å²) < 4.78 is 0. The molecule has 2 atom stereocenters. The Morgan fingerprint density at radius 2 is 1.02 bits per heavy atom. The van der Waals surface area contributed by atoms with Gasteiger partial charge in [0, 0.05) is 6.42 Å². The Kier molecular flexibility index (Phi) is 30.6. The highest BCUT2D eigenvalue weighted by molar-refractivity contribution is 5.76. The van der Waals surface area contributed by atoms with Gasteiger partial charge in [0.15, 0.2) is 0 Å². The highest BCUT2D eigenvalue weighted by atomic mass is 16.3. The van der Waals surface area contributed by atoms with Crippen LogP contribution in [0.1, 0.15) is 155 Å². The van der Waals surface area contributed by atoms with Gasteiger partial charge in [-0.1, -0.05) is 133 Å². The Hall–Kier alpha value is -1.65. The van der Waals surface area contributed by atoms with Crippen molar-refractivity contribution in [3.8, 4) is 0 Å². The van der Waals surface area contributed by atoms with Crippen molar-refractivity contribution in [2.45, 2.75) is 167 Å². The van der Waals surface area contributed by atoms with E-state index in [-0.39, 0.29) is 12.5 Å². The van der Waals surface area contributed by atoms with E-state index in [2.05, 4.69) is 55.6 Å². The second-order valence-electron chi connectivity index (χ2n) is 11.2. The zero-order valence-electron chi connectivity index (χ0n) is 26.3. The number of carbonyl (C=O) groups is 1. The molecular formula is C36H65NO3. The molecule has 232 valence electrons. The van der Waals surface area contributed by atoms with E-state index in [1.807, 2.05) is 6.08 Å². The van der Waals surface area contributed by atoms with Crippen LogP contribution in [0.5, 0.6) is 0 Å². The van der Waals surface area contributed by atoms with Gasteiger partial charge in [-0.25, -0.2) is 0 Å². The lowest BCUT2D eigenvalue weighted by molar-refractivity contribution is -0.123. The molecule has 40 heavy (non-hydrogen) atoms. The van der Waals surface area contributed by atoms with Crippen LogP contribution in [0.3, 0.4) is 0 Å². The van der Waals surface area contributed by atoms with Crippen molar-refractivity contribution in [2.75, 3.05) is 6.61 Å². The van der Waals surface area contributed by atoms with Crippen molar-refractivity contribution in [3.63, 3.8) is 0 Å². The molecule has 0 aliphatic heterocycles. The van der Waals surface area contributed by atoms with Crippen molar-refractivity contribution in [1.29, 1.82) is 0 Å². The summed E-state index contributed by atoms with van der Waals surface area (Å²) in [6.07, 6.45) is 41.9. The van der Waals surface area contributed by atoms with Gasteiger partial charge in [-0.3, -0.25) is 4.79 Å². The van der Waals surface area contributed by atoms with E-state index in [0.29, 0.717) is 6.42 Å². The third-order valence-corrected chi connectivity index (χ3v) is 7.24. The van der Waals surface area contributed by atoms with Gasteiger partial charge in [-0.15, -0.1) is 0 Å². The van der Waals surface area contributed by atoms with E-state index in [4.69, 9.17) is 0 Å². The van der Waals surface area contributed by atoms with Crippen molar-refractivity contribution in [3.05, 3.63) is 48.6 Å². The summed E-state index contributed by atoms with van der Waals surface area (Å²) in [7, 11) is 0. The molecule has 0 fully saturated rings. The van der Waals surface area contributed by atoms with Crippen LogP contribution in [0.25, 0.3) is 0 Å². The molecule has 4 heteroatoms. The lowest BCUT2D eigenvalue weighted by Gasteiger charge is -2.19. The van der Waals surface area contributed by atoms with Gasteiger partial charge in [0.2, 0.25) is 5.91 Å².